The second-order valence-electron chi connectivity index (χ2n) is 4.76. The number of thiocarbonyl (C=S) groups is 1. The third-order valence-corrected chi connectivity index (χ3v) is 3.06. The maximum absolute atomic E-state index is 11.8. The molecule has 1 aromatic rings. The lowest BCUT2D eigenvalue weighted by Crippen LogP contribution is -2.37. The highest BCUT2D eigenvalue weighted by molar-refractivity contribution is 7.80. The van der Waals surface area contributed by atoms with Crippen LogP contribution >= 0.6 is 12.2 Å². The van der Waals surface area contributed by atoms with Crippen LogP contribution in [0.15, 0.2) is 24.3 Å². The average Bonchev–Trinajstić information content (AvgIpc) is 2.37. The summed E-state index contributed by atoms with van der Waals surface area (Å²) < 4.78 is 5.54. The van der Waals surface area contributed by atoms with Crippen LogP contribution < -0.4 is 15.8 Å². The van der Waals surface area contributed by atoms with E-state index in [1.54, 1.807) is 0 Å². The van der Waals surface area contributed by atoms with Gasteiger partial charge in [0, 0.05) is 12.5 Å². The molecular weight excluding hydrogens is 272 g/mol. The lowest BCUT2D eigenvalue weighted by Gasteiger charge is -2.16. The summed E-state index contributed by atoms with van der Waals surface area (Å²) in [6.07, 6.45) is 1.67. The number of carbonyl (C=O) groups is 1. The van der Waals surface area contributed by atoms with Crippen molar-refractivity contribution in [2.45, 2.75) is 39.2 Å². The van der Waals surface area contributed by atoms with E-state index in [-0.39, 0.29) is 11.9 Å². The highest BCUT2D eigenvalue weighted by atomic mass is 32.1. The van der Waals surface area contributed by atoms with Gasteiger partial charge < -0.3 is 15.8 Å². The molecule has 110 valence electrons. The first-order valence-electron chi connectivity index (χ1n) is 6.78. The first kappa shape index (κ1) is 16.4. The third-order valence-electron chi connectivity index (χ3n) is 2.89. The molecule has 1 unspecified atom stereocenters. The molecule has 0 bridgehead atoms. The maximum Gasteiger partial charge on any atom is 0.223 e. The number of benzene rings is 1. The van der Waals surface area contributed by atoms with Crippen molar-refractivity contribution in [2.75, 3.05) is 6.61 Å². The molecule has 0 heterocycles. The van der Waals surface area contributed by atoms with Crippen LogP contribution in [0.3, 0.4) is 0 Å². The smallest absolute Gasteiger partial charge is 0.223 e. The summed E-state index contributed by atoms with van der Waals surface area (Å²) in [5.41, 5.74) is 6.62. The molecule has 3 N–H and O–H groups in total. The van der Waals surface area contributed by atoms with E-state index in [2.05, 4.69) is 5.32 Å². The van der Waals surface area contributed by atoms with Gasteiger partial charge in [0.05, 0.1) is 18.0 Å². The van der Waals surface area contributed by atoms with Gasteiger partial charge in [-0.1, -0.05) is 31.3 Å². The Morgan fingerprint density at radius 2 is 2.25 bits per heavy atom. The molecule has 1 amide bonds. The van der Waals surface area contributed by atoms with Crippen LogP contribution in [0, 0.1) is 6.92 Å². The molecule has 4 nitrogen and oxygen atoms in total. The van der Waals surface area contributed by atoms with Crippen molar-refractivity contribution >= 4 is 23.1 Å². The van der Waals surface area contributed by atoms with Crippen molar-refractivity contribution < 1.29 is 9.53 Å². The van der Waals surface area contributed by atoms with Crippen molar-refractivity contribution in [1.82, 2.24) is 5.32 Å². The van der Waals surface area contributed by atoms with Crippen molar-refractivity contribution in [3.8, 4) is 5.75 Å². The highest BCUT2D eigenvalue weighted by Gasteiger charge is 2.11. The topological polar surface area (TPSA) is 64.3 Å². The molecule has 1 atom stereocenters. The molecule has 0 fully saturated rings. The zero-order valence-corrected chi connectivity index (χ0v) is 12.8. The van der Waals surface area contributed by atoms with Crippen LogP contribution in [0.5, 0.6) is 5.75 Å². The van der Waals surface area contributed by atoms with E-state index in [1.807, 2.05) is 38.1 Å². The van der Waals surface area contributed by atoms with Crippen LogP contribution in [0.25, 0.3) is 0 Å². The molecular formula is C15H22N2O2S. The molecule has 20 heavy (non-hydrogen) atoms. The first-order valence-corrected chi connectivity index (χ1v) is 7.19. The molecule has 1 rings (SSSR count). The maximum atomic E-state index is 11.8. The van der Waals surface area contributed by atoms with Gasteiger partial charge in [0.1, 0.15) is 5.75 Å². The van der Waals surface area contributed by atoms with Gasteiger partial charge in [-0.15, -0.1) is 0 Å². The SMILES string of the molecule is CCC(CC(N)=S)NC(=O)CCOc1cccc(C)c1. The van der Waals surface area contributed by atoms with Crippen molar-refractivity contribution in [1.29, 1.82) is 0 Å². The molecule has 0 saturated heterocycles. The molecule has 0 saturated carbocycles. The third kappa shape index (κ3) is 6.52. The number of hydrogen-bond donors (Lipinski definition) is 2. The predicted molar refractivity (Wildman–Crippen MR) is 84.9 cm³/mol. The normalized spacial score (nSPS) is 11.7. The molecule has 0 aromatic heterocycles. The van der Waals surface area contributed by atoms with E-state index in [1.165, 1.54) is 0 Å². The Morgan fingerprint density at radius 3 is 2.85 bits per heavy atom. The van der Waals surface area contributed by atoms with Crippen molar-refractivity contribution in [3.63, 3.8) is 0 Å². The van der Waals surface area contributed by atoms with Gasteiger partial charge in [0.15, 0.2) is 0 Å². The number of carbonyl (C=O) groups excluding carboxylic acids is 1. The fourth-order valence-corrected chi connectivity index (χ4v) is 2.01. The minimum atomic E-state index is -0.0410. The number of hydrogen-bond acceptors (Lipinski definition) is 3. The largest absolute Gasteiger partial charge is 0.493 e. The summed E-state index contributed by atoms with van der Waals surface area (Å²) in [6.45, 7) is 4.35. The average molecular weight is 294 g/mol. The van der Waals surface area contributed by atoms with Crippen LogP contribution in [-0.4, -0.2) is 23.5 Å². The minimum Gasteiger partial charge on any atom is -0.493 e. The Labute approximate surface area is 125 Å². The van der Waals surface area contributed by atoms with Crippen LogP contribution in [0.4, 0.5) is 0 Å². The fraction of sp³-hybridized carbons (Fsp3) is 0.467. The number of ether oxygens (including phenoxy) is 1. The molecule has 1 aromatic carbocycles. The van der Waals surface area contributed by atoms with Gasteiger partial charge in [-0.2, -0.15) is 0 Å². The van der Waals surface area contributed by atoms with E-state index in [0.29, 0.717) is 24.4 Å². The van der Waals surface area contributed by atoms with Gasteiger partial charge in [0.2, 0.25) is 5.91 Å². The molecule has 5 heteroatoms. The first-order chi connectivity index (χ1) is 9.51. The zero-order chi connectivity index (χ0) is 15.0. The van der Waals surface area contributed by atoms with E-state index in [0.717, 1.165) is 17.7 Å². The predicted octanol–water partition coefficient (Wildman–Crippen LogP) is 2.33. The van der Waals surface area contributed by atoms with E-state index in [9.17, 15) is 4.79 Å². The second kappa shape index (κ2) is 8.53. The monoisotopic (exact) mass is 294 g/mol. The van der Waals surface area contributed by atoms with Crippen LogP contribution in [0.1, 0.15) is 31.7 Å². The molecule has 0 aliphatic heterocycles. The Hall–Kier alpha value is -1.62. The zero-order valence-electron chi connectivity index (χ0n) is 12.0. The molecule has 0 aliphatic rings. The van der Waals surface area contributed by atoms with Gasteiger partial charge >= 0.3 is 0 Å². The van der Waals surface area contributed by atoms with Gasteiger partial charge in [-0.05, 0) is 31.0 Å². The molecule has 0 spiro atoms. The van der Waals surface area contributed by atoms with Gasteiger partial charge in [0.25, 0.3) is 0 Å². The van der Waals surface area contributed by atoms with Crippen molar-refractivity contribution in [3.05, 3.63) is 29.8 Å². The van der Waals surface area contributed by atoms with Crippen LogP contribution in [-0.2, 0) is 4.79 Å². The van der Waals surface area contributed by atoms with Crippen molar-refractivity contribution in [2.24, 2.45) is 5.73 Å². The molecule has 0 aliphatic carbocycles. The summed E-state index contributed by atoms with van der Waals surface area (Å²) in [4.78, 5) is 12.2. The Kier molecular flexibility index (Phi) is 7.01. The lowest BCUT2D eigenvalue weighted by atomic mass is 10.1. The summed E-state index contributed by atoms with van der Waals surface area (Å²) in [5.74, 6) is 0.744. The Bertz CT molecular complexity index is 463. The van der Waals surface area contributed by atoms with Gasteiger partial charge in [-0.3, -0.25) is 4.79 Å². The Balaban J connectivity index is 2.30. The summed E-state index contributed by atoms with van der Waals surface area (Å²) in [5, 5.41) is 2.91. The summed E-state index contributed by atoms with van der Waals surface area (Å²) in [6, 6.07) is 7.77. The van der Waals surface area contributed by atoms with E-state index >= 15 is 0 Å². The van der Waals surface area contributed by atoms with Gasteiger partial charge in [-0.25, -0.2) is 0 Å². The fourth-order valence-electron chi connectivity index (χ4n) is 1.81. The summed E-state index contributed by atoms with van der Waals surface area (Å²) >= 11 is 4.86. The van der Waals surface area contributed by atoms with E-state index in [4.69, 9.17) is 22.7 Å². The number of nitrogens with two attached hydrogens (primary N) is 1. The molecule has 0 radical (unpaired) electrons. The number of amides is 1. The number of nitrogens with one attached hydrogen (secondary N) is 1. The number of rotatable bonds is 8. The quantitative estimate of drug-likeness (QED) is 0.722. The minimum absolute atomic E-state index is 0.0129. The van der Waals surface area contributed by atoms with E-state index < -0.39 is 0 Å². The Morgan fingerprint density at radius 1 is 1.50 bits per heavy atom. The van der Waals surface area contributed by atoms with Crippen LogP contribution in [0.2, 0.25) is 0 Å². The second-order valence-corrected chi connectivity index (χ2v) is 5.28. The lowest BCUT2D eigenvalue weighted by molar-refractivity contribution is -0.122. The highest BCUT2D eigenvalue weighted by Crippen LogP contribution is 2.12. The standard InChI is InChI=1S/C15H22N2O2S/c1-3-12(10-14(16)20)17-15(18)7-8-19-13-6-4-5-11(2)9-13/h4-6,9,12H,3,7-8,10H2,1-2H3,(H2,16,20)(H,17,18). The summed E-state index contributed by atoms with van der Waals surface area (Å²) in [7, 11) is 0. The number of aryl methyl sites for hydroxylation is 1.